The highest BCUT2D eigenvalue weighted by molar-refractivity contribution is 5.41. The summed E-state index contributed by atoms with van der Waals surface area (Å²) in [7, 11) is 0. The predicted molar refractivity (Wildman–Crippen MR) is 45.4 cm³/mol. The third kappa shape index (κ3) is 2.14. The molecule has 58 valence electrons. The molecule has 3 nitrogen and oxygen atoms in total. The maximum Gasteiger partial charge on any atom is 0.0623 e. The Bertz CT molecular complexity index is 228. The van der Waals surface area contributed by atoms with Crippen LogP contribution in [0.4, 0.5) is 0 Å². The van der Waals surface area contributed by atoms with Crippen LogP contribution >= 0.6 is 0 Å². The highest BCUT2D eigenvalue weighted by Crippen LogP contribution is 1.99. The van der Waals surface area contributed by atoms with Gasteiger partial charge in [-0.3, -0.25) is 16.3 Å². The fourth-order valence-corrected chi connectivity index (χ4v) is 0.779. The fraction of sp³-hybridized carbons (Fsp3) is 0.125. The van der Waals surface area contributed by atoms with Gasteiger partial charge in [-0.05, 0) is 17.7 Å². The van der Waals surface area contributed by atoms with Crippen LogP contribution in [0.25, 0.3) is 6.08 Å². The maximum atomic E-state index is 5.13. The molecule has 0 aromatic carbocycles. The van der Waals surface area contributed by atoms with Gasteiger partial charge in [0.25, 0.3) is 0 Å². The summed E-state index contributed by atoms with van der Waals surface area (Å²) in [5, 5.41) is 0. The molecule has 0 saturated heterocycles. The summed E-state index contributed by atoms with van der Waals surface area (Å²) < 4.78 is 0. The SMILES string of the molecule is C=Cc1ccc(CNN)cn1. The van der Waals surface area contributed by atoms with Crippen molar-refractivity contribution in [2.24, 2.45) is 5.84 Å². The van der Waals surface area contributed by atoms with Crippen molar-refractivity contribution in [1.82, 2.24) is 10.4 Å². The maximum absolute atomic E-state index is 5.13. The van der Waals surface area contributed by atoms with E-state index in [9.17, 15) is 0 Å². The zero-order chi connectivity index (χ0) is 8.10. The molecular weight excluding hydrogens is 138 g/mol. The molecule has 3 N–H and O–H groups in total. The molecule has 1 aromatic heterocycles. The van der Waals surface area contributed by atoms with E-state index in [4.69, 9.17) is 5.84 Å². The summed E-state index contributed by atoms with van der Waals surface area (Å²) in [4.78, 5) is 4.10. The van der Waals surface area contributed by atoms with Crippen molar-refractivity contribution >= 4 is 6.08 Å². The van der Waals surface area contributed by atoms with E-state index >= 15 is 0 Å². The molecule has 1 heterocycles. The van der Waals surface area contributed by atoms with Gasteiger partial charge in [-0.15, -0.1) is 0 Å². The highest BCUT2D eigenvalue weighted by atomic mass is 15.2. The molecule has 0 saturated carbocycles. The minimum atomic E-state index is 0.643. The topological polar surface area (TPSA) is 50.9 Å². The van der Waals surface area contributed by atoms with Crippen LogP contribution in [0, 0.1) is 0 Å². The zero-order valence-corrected chi connectivity index (χ0v) is 6.25. The van der Waals surface area contributed by atoms with Crippen molar-refractivity contribution < 1.29 is 0 Å². The molecule has 3 heteroatoms. The molecule has 0 fully saturated rings. The predicted octanol–water partition coefficient (Wildman–Crippen LogP) is 0.688. The number of hydrogen-bond donors (Lipinski definition) is 2. The Labute approximate surface area is 65.9 Å². The van der Waals surface area contributed by atoms with Crippen LogP contribution in [0.1, 0.15) is 11.3 Å². The van der Waals surface area contributed by atoms with E-state index < -0.39 is 0 Å². The van der Waals surface area contributed by atoms with E-state index in [1.807, 2.05) is 12.1 Å². The van der Waals surface area contributed by atoms with Crippen molar-refractivity contribution in [2.45, 2.75) is 6.54 Å². The highest BCUT2D eigenvalue weighted by Gasteiger charge is 1.90. The summed E-state index contributed by atoms with van der Waals surface area (Å²) in [6.07, 6.45) is 3.48. The quantitative estimate of drug-likeness (QED) is 0.491. The van der Waals surface area contributed by atoms with E-state index in [1.165, 1.54) is 0 Å². The van der Waals surface area contributed by atoms with Gasteiger partial charge in [-0.2, -0.15) is 0 Å². The first-order chi connectivity index (χ1) is 5.36. The fourth-order valence-electron chi connectivity index (χ4n) is 0.779. The lowest BCUT2D eigenvalue weighted by Crippen LogP contribution is -2.20. The van der Waals surface area contributed by atoms with Gasteiger partial charge in [-0.25, -0.2) is 0 Å². The summed E-state index contributed by atoms with van der Waals surface area (Å²) in [6, 6.07) is 3.86. The Morgan fingerprint density at radius 3 is 2.91 bits per heavy atom. The van der Waals surface area contributed by atoms with Crippen LogP contribution < -0.4 is 11.3 Å². The molecule has 11 heavy (non-hydrogen) atoms. The molecule has 0 spiro atoms. The van der Waals surface area contributed by atoms with Crippen molar-refractivity contribution in [3.8, 4) is 0 Å². The number of rotatable bonds is 3. The minimum absolute atomic E-state index is 0.643. The summed E-state index contributed by atoms with van der Waals surface area (Å²) in [6.45, 7) is 4.25. The van der Waals surface area contributed by atoms with Crippen LogP contribution in [0.3, 0.4) is 0 Å². The number of hydrogen-bond acceptors (Lipinski definition) is 3. The zero-order valence-electron chi connectivity index (χ0n) is 6.25. The van der Waals surface area contributed by atoms with Gasteiger partial charge in [0.1, 0.15) is 0 Å². The summed E-state index contributed by atoms with van der Waals surface area (Å²) in [5.74, 6) is 5.13. The Balaban J connectivity index is 2.74. The van der Waals surface area contributed by atoms with Crippen molar-refractivity contribution in [2.75, 3.05) is 0 Å². The van der Waals surface area contributed by atoms with Gasteiger partial charge in [0.15, 0.2) is 0 Å². The number of pyridine rings is 1. The molecule has 0 aliphatic carbocycles. The van der Waals surface area contributed by atoms with Gasteiger partial charge in [0.2, 0.25) is 0 Å². The number of nitrogens with one attached hydrogen (secondary N) is 1. The molecule has 0 amide bonds. The molecule has 0 radical (unpaired) electrons. The van der Waals surface area contributed by atoms with Crippen LogP contribution in [0.15, 0.2) is 24.9 Å². The first kappa shape index (κ1) is 7.91. The first-order valence-electron chi connectivity index (χ1n) is 3.37. The average Bonchev–Trinajstić information content (AvgIpc) is 2.07. The van der Waals surface area contributed by atoms with Gasteiger partial charge >= 0.3 is 0 Å². The first-order valence-corrected chi connectivity index (χ1v) is 3.37. The van der Waals surface area contributed by atoms with Crippen LogP contribution in [0.5, 0.6) is 0 Å². The second-order valence-electron chi connectivity index (χ2n) is 2.18. The summed E-state index contributed by atoms with van der Waals surface area (Å²) >= 11 is 0. The third-order valence-corrected chi connectivity index (χ3v) is 1.36. The van der Waals surface area contributed by atoms with Gasteiger partial charge in [-0.1, -0.05) is 12.6 Å². The molecule has 1 aromatic rings. The van der Waals surface area contributed by atoms with Crippen molar-refractivity contribution in [3.05, 3.63) is 36.2 Å². The third-order valence-electron chi connectivity index (χ3n) is 1.36. The van der Waals surface area contributed by atoms with Gasteiger partial charge in [0.05, 0.1) is 5.69 Å². The van der Waals surface area contributed by atoms with Gasteiger partial charge in [0, 0.05) is 12.7 Å². The monoisotopic (exact) mass is 149 g/mol. The number of hydrazine groups is 1. The largest absolute Gasteiger partial charge is 0.271 e. The second kappa shape index (κ2) is 3.85. The number of nitrogens with two attached hydrogens (primary N) is 1. The Hall–Kier alpha value is -1.19. The number of nitrogens with zero attached hydrogens (tertiary/aromatic N) is 1. The van der Waals surface area contributed by atoms with Crippen LogP contribution in [-0.2, 0) is 6.54 Å². The van der Waals surface area contributed by atoms with Gasteiger partial charge < -0.3 is 0 Å². The molecular formula is C8H11N3. The van der Waals surface area contributed by atoms with E-state index in [-0.39, 0.29) is 0 Å². The van der Waals surface area contributed by atoms with Crippen molar-refractivity contribution in [3.63, 3.8) is 0 Å². The Kier molecular flexibility index (Phi) is 2.77. The standard InChI is InChI=1S/C8H11N3/c1-2-8-4-3-7(5-10-8)6-11-9/h2-5,11H,1,6,9H2. The lowest BCUT2D eigenvalue weighted by Gasteiger charge is -1.98. The molecule has 1 rings (SSSR count). The van der Waals surface area contributed by atoms with E-state index in [0.29, 0.717) is 6.54 Å². The van der Waals surface area contributed by atoms with Crippen LogP contribution in [-0.4, -0.2) is 4.98 Å². The molecule has 0 bridgehead atoms. The van der Waals surface area contributed by atoms with Crippen LogP contribution in [0.2, 0.25) is 0 Å². The average molecular weight is 149 g/mol. The minimum Gasteiger partial charge on any atom is -0.271 e. The lowest BCUT2D eigenvalue weighted by molar-refractivity contribution is 0.738. The van der Waals surface area contributed by atoms with E-state index in [0.717, 1.165) is 11.3 Å². The molecule has 0 aliphatic heterocycles. The molecule has 0 atom stereocenters. The Morgan fingerprint density at radius 1 is 1.64 bits per heavy atom. The molecule has 0 aliphatic rings. The second-order valence-corrected chi connectivity index (χ2v) is 2.18. The summed E-state index contributed by atoms with van der Waals surface area (Å²) in [5.41, 5.74) is 4.50. The smallest absolute Gasteiger partial charge is 0.0623 e. The van der Waals surface area contributed by atoms with E-state index in [2.05, 4.69) is 17.0 Å². The Morgan fingerprint density at radius 2 is 2.45 bits per heavy atom. The number of aromatic nitrogens is 1. The molecule has 0 unspecified atom stereocenters. The lowest BCUT2D eigenvalue weighted by atomic mass is 10.2. The normalized spacial score (nSPS) is 9.55. The van der Waals surface area contributed by atoms with E-state index in [1.54, 1.807) is 12.3 Å². The van der Waals surface area contributed by atoms with Crippen molar-refractivity contribution in [1.29, 1.82) is 0 Å².